The SMILES string of the molecule is CCCCCCCCCCCCc1cccc2c1sc1c(B3OC(C)(C)C(C)(C)O3)cccc12. The van der Waals surface area contributed by atoms with Gasteiger partial charge in [0, 0.05) is 20.2 Å². The highest BCUT2D eigenvalue weighted by Gasteiger charge is 2.52. The Kier molecular flexibility index (Phi) is 8.43. The molecule has 34 heavy (non-hydrogen) atoms. The van der Waals surface area contributed by atoms with Gasteiger partial charge >= 0.3 is 7.12 Å². The van der Waals surface area contributed by atoms with Crippen LogP contribution in [0.2, 0.25) is 0 Å². The van der Waals surface area contributed by atoms with Crippen LogP contribution in [-0.4, -0.2) is 18.3 Å². The minimum absolute atomic E-state index is 0.313. The first kappa shape index (κ1) is 25.7. The quantitative estimate of drug-likeness (QED) is 0.191. The molecule has 2 nitrogen and oxygen atoms in total. The summed E-state index contributed by atoms with van der Waals surface area (Å²) in [5, 5.41) is 2.71. The van der Waals surface area contributed by atoms with E-state index in [1.54, 1.807) is 0 Å². The first-order chi connectivity index (χ1) is 16.3. The third-order valence-electron chi connectivity index (χ3n) is 7.94. The molecule has 4 rings (SSSR count). The van der Waals surface area contributed by atoms with Gasteiger partial charge in [-0.1, -0.05) is 101 Å². The van der Waals surface area contributed by atoms with Gasteiger partial charge in [-0.15, -0.1) is 11.3 Å². The zero-order valence-corrected chi connectivity index (χ0v) is 22.9. The maximum absolute atomic E-state index is 6.41. The van der Waals surface area contributed by atoms with Crippen molar-refractivity contribution >= 4 is 44.1 Å². The molecule has 0 spiro atoms. The highest BCUT2D eigenvalue weighted by molar-refractivity contribution is 7.27. The molecule has 4 heteroatoms. The zero-order chi connectivity index (χ0) is 24.2. The summed E-state index contributed by atoms with van der Waals surface area (Å²) in [6.45, 7) is 10.8. The van der Waals surface area contributed by atoms with Crippen molar-refractivity contribution in [3.63, 3.8) is 0 Å². The third kappa shape index (κ3) is 5.55. The van der Waals surface area contributed by atoms with Crippen LogP contribution in [0, 0.1) is 0 Å². The molecule has 1 aliphatic heterocycles. The average Bonchev–Trinajstić information content (AvgIpc) is 3.29. The van der Waals surface area contributed by atoms with Gasteiger partial charge in [0.2, 0.25) is 0 Å². The molecule has 2 aromatic carbocycles. The van der Waals surface area contributed by atoms with E-state index in [1.807, 2.05) is 11.3 Å². The highest BCUT2D eigenvalue weighted by Crippen LogP contribution is 2.40. The second-order valence-corrected chi connectivity index (χ2v) is 12.2. The first-order valence-electron chi connectivity index (χ1n) is 13.6. The molecule has 1 fully saturated rings. The fraction of sp³-hybridized carbons (Fsp3) is 0.600. The molecule has 1 aliphatic rings. The molecule has 0 atom stereocenters. The first-order valence-corrected chi connectivity index (χ1v) is 14.4. The summed E-state index contributed by atoms with van der Waals surface area (Å²) in [5.41, 5.74) is 2.02. The number of hydrogen-bond donors (Lipinski definition) is 0. The van der Waals surface area contributed by atoms with Gasteiger partial charge in [-0.3, -0.25) is 0 Å². The van der Waals surface area contributed by atoms with Crippen molar-refractivity contribution in [3.8, 4) is 0 Å². The smallest absolute Gasteiger partial charge is 0.399 e. The lowest BCUT2D eigenvalue weighted by atomic mass is 9.78. The molecule has 0 bridgehead atoms. The van der Waals surface area contributed by atoms with Gasteiger partial charge in [-0.25, -0.2) is 0 Å². The second kappa shape index (κ2) is 11.1. The number of unbranched alkanes of at least 4 members (excludes halogenated alkanes) is 9. The van der Waals surface area contributed by atoms with Crippen LogP contribution in [0.4, 0.5) is 0 Å². The second-order valence-electron chi connectivity index (χ2n) is 11.1. The van der Waals surface area contributed by atoms with Crippen LogP contribution in [0.3, 0.4) is 0 Å². The van der Waals surface area contributed by atoms with Crippen molar-refractivity contribution in [3.05, 3.63) is 42.0 Å². The lowest BCUT2D eigenvalue weighted by molar-refractivity contribution is 0.00578. The molecule has 0 radical (unpaired) electrons. The maximum Gasteiger partial charge on any atom is 0.496 e. The Balaban J connectivity index is 1.41. The zero-order valence-electron chi connectivity index (χ0n) is 22.0. The van der Waals surface area contributed by atoms with Crippen molar-refractivity contribution in [1.82, 2.24) is 0 Å². The van der Waals surface area contributed by atoms with Crippen molar-refractivity contribution in [2.24, 2.45) is 0 Å². The molecule has 2 heterocycles. The van der Waals surface area contributed by atoms with Crippen LogP contribution >= 0.6 is 11.3 Å². The van der Waals surface area contributed by atoms with E-state index in [2.05, 4.69) is 71.0 Å². The van der Waals surface area contributed by atoms with E-state index in [9.17, 15) is 0 Å². The van der Waals surface area contributed by atoms with Gasteiger partial charge in [-0.2, -0.15) is 0 Å². The number of thiophene rings is 1. The van der Waals surface area contributed by atoms with E-state index in [0.29, 0.717) is 0 Å². The number of hydrogen-bond acceptors (Lipinski definition) is 3. The van der Waals surface area contributed by atoms with Gasteiger partial charge in [0.25, 0.3) is 0 Å². The Morgan fingerprint density at radius 2 is 1.21 bits per heavy atom. The molecule has 3 aromatic rings. The van der Waals surface area contributed by atoms with Gasteiger partial charge in [0.15, 0.2) is 0 Å². The molecule has 184 valence electrons. The fourth-order valence-corrected chi connectivity index (χ4v) is 6.42. The molecule has 0 unspecified atom stereocenters. The summed E-state index contributed by atoms with van der Waals surface area (Å²) < 4.78 is 15.6. The fourth-order valence-electron chi connectivity index (χ4n) is 5.06. The number of aryl methyl sites for hydroxylation is 1. The predicted molar refractivity (Wildman–Crippen MR) is 151 cm³/mol. The molecule has 0 aliphatic carbocycles. The van der Waals surface area contributed by atoms with Crippen molar-refractivity contribution in [1.29, 1.82) is 0 Å². The van der Waals surface area contributed by atoms with Crippen LogP contribution in [0.25, 0.3) is 20.2 Å². The summed E-state index contributed by atoms with van der Waals surface area (Å²) in [5.74, 6) is 0. The van der Waals surface area contributed by atoms with Crippen molar-refractivity contribution in [2.45, 2.75) is 116 Å². The van der Waals surface area contributed by atoms with Gasteiger partial charge < -0.3 is 9.31 Å². The summed E-state index contributed by atoms with van der Waals surface area (Å²) in [6, 6.07) is 13.4. The Hall–Kier alpha value is -1.36. The lowest BCUT2D eigenvalue weighted by Gasteiger charge is -2.32. The molecular formula is C30H43BO2S. The summed E-state index contributed by atoms with van der Waals surface area (Å²) in [4.78, 5) is 0. The van der Waals surface area contributed by atoms with Gasteiger partial charge in [0.05, 0.1) is 11.2 Å². The third-order valence-corrected chi connectivity index (χ3v) is 9.29. The van der Waals surface area contributed by atoms with E-state index < -0.39 is 0 Å². The minimum Gasteiger partial charge on any atom is -0.399 e. The Bertz CT molecular complexity index is 1070. The normalized spacial score (nSPS) is 17.3. The van der Waals surface area contributed by atoms with Crippen LogP contribution < -0.4 is 5.46 Å². The number of rotatable bonds is 12. The lowest BCUT2D eigenvalue weighted by Crippen LogP contribution is -2.41. The van der Waals surface area contributed by atoms with Gasteiger partial charge in [0.1, 0.15) is 0 Å². The van der Waals surface area contributed by atoms with Gasteiger partial charge in [-0.05, 0) is 51.5 Å². The molecule has 0 N–H and O–H groups in total. The van der Waals surface area contributed by atoms with E-state index in [4.69, 9.17) is 9.31 Å². The average molecular weight is 479 g/mol. The number of fused-ring (bicyclic) bond motifs is 3. The predicted octanol–water partition coefficient (Wildman–Crippen LogP) is 8.82. The maximum atomic E-state index is 6.41. The minimum atomic E-state index is -0.322. The molecule has 0 saturated carbocycles. The van der Waals surface area contributed by atoms with E-state index in [-0.39, 0.29) is 18.3 Å². The van der Waals surface area contributed by atoms with Crippen LogP contribution in [0.5, 0.6) is 0 Å². The summed E-state index contributed by atoms with van der Waals surface area (Å²) in [6.07, 6.45) is 15.0. The van der Waals surface area contributed by atoms with Crippen molar-refractivity contribution < 1.29 is 9.31 Å². The molecule has 1 aromatic heterocycles. The Morgan fingerprint density at radius 1 is 0.676 bits per heavy atom. The van der Waals surface area contributed by atoms with Crippen LogP contribution in [0.15, 0.2) is 36.4 Å². The van der Waals surface area contributed by atoms with Crippen molar-refractivity contribution in [2.75, 3.05) is 0 Å². The molecule has 1 saturated heterocycles. The molecule has 0 amide bonds. The van der Waals surface area contributed by atoms with E-state index >= 15 is 0 Å². The standard InChI is InChI=1S/C30H43BO2S/c1-6-7-8-9-10-11-12-13-14-15-18-23-19-16-20-24-25-21-17-22-26(28(25)34-27(23)24)31-32-29(2,3)30(4,5)33-31/h16-17,19-22H,6-15,18H2,1-5H3. The summed E-state index contributed by atoms with van der Waals surface area (Å²) >= 11 is 1.92. The van der Waals surface area contributed by atoms with E-state index in [1.165, 1.54) is 102 Å². The highest BCUT2D eigenvalue weighted by atomic mass is 32.1. The summed E-state index contributed by atoms with van der Waals surface area (Å²) in [7, 11) is -0.313. The Labute approximate surface area is 211 Å². The van der Waals surface area contributed by atoms with Crippen LogP contribution in [-0.2, 0) is 15.7 Å². The largest absolute Gasteiger partial charge is 0.496 e. The molecular weight excluding hydrogens is 435 g/mol. The number of benzene rings is 2. The Morgan fingerprint density at radius 3 is 1.82 bits per heavy atom. The van der Waals surface area contributed by atoms with E-state index in [0.717, 1.165) is 0 Å². The monoisotopic (exact) mass is 478 g/mol. The van der Waals surface area contributed by atoms with Crippen LogP contribution in [0.1, 0.15) is 104 Å². The topological polar surface area (TPSA) is 18.5 Å².